The molecule has 0 aliphatic carbocycles. The summed E-state index contributed by atoms with van der Waals surface area (Å²) in [5, 5.41) is 19.0. The molecule has 4 heteroatoms. The first-order chi connectivity index (χ1) is 4.25. The molecule has 0 aromatic carbocycles. The van der Waals surface area contributed by atoms with Gasteiger partial charge in [0.05, 0.1) is 0 Å². The van der Waals surface area contributed by atoms with Crippen LogP contribution in [0.15, 0.2) is 5.38 Å². The van der Waals surface area contributed by atoms with Crippen molar-refractivity contribution >= 4 is 16.3 Å². The van der Waals surface area contributed by atoms with Gasteiger partial charge >= 0.3 is 0 Å². The highest BCUT2D eigenvalue weighted by Crippen LogP contribution is 2.28. The Kier molecular flexibility index (Phi) is 1.29. The molecule has 0 aliphatic rings. The summed E-state index contributed by atoms with van der Waals surface area (Å²) in [5.74, 6) is -0.0278. The molecule has 0 saturated carbocycles. The number of nitrogens with zero attached hydrogens (tertiary/aromatic N) is 1. The minimum absolute atomic E-state index is 0.0278. The summed E-state index contributed by atoms with van der Waals surface area (Å²) in [6.45, 7) is 0. The minimum Gasteiger partial charge on any atom is -0.506 e. The first-order valence-electron chi connectivity index (χ1n) is 2.21. The molecule has 9 heavy (non-hydrogen) atoms. The number of hydrogen-bond donors (Lipinski definition) is 2. The highest BCUT2D eigenvalue weighted by molar-refractivity contribution is 7.14. The van der Waals surface area contributed by atoms with Crippen LogP contribution in [0.25, 0.3) is 0 Å². The van der Waals surface area contributed by atoms with E-state index < -0.39 is 0 Å². The third-order valence-corrected chi connectivity index (χ3v) is 1.71. The van der Waals surface area contributed by atoms with Crippen molar-refractivity contribution in [1.82, 2.24) is 0 Å². The Morgan fingerprint density at radius 3 is 2.67 bits per heavy atom. The van der Waals surface area contributed by atoms with Crippen LogP contribution in [0.3, 0.4) is 0 Å². The van der Waals surface area contributed by atoms with Gasteiger partial charge in [0.25, 0.3) is 0 Å². The van der Waals surface area contributed by atoms with Crippen molar-refractivity contribution in [2.24, 2.45) is 0 Å². The summed E-state index contributed by atoms with van der Waals surface area (Å²) in [6.07, 6.45) is 0. The molecule has 3 N–H and O–H groups in total. The van der Waals surface area contributed by atoms with Crippen molar-refractivity contribution < 1.29 is 5.11 Å². The van der Waals surface area contributed by atoms with Gasteiger partial charge in [0.1, 0.15) is 22.4 Å². The summed E-state index contributed by atoms with van der Waals surface area (Å²) < 4.78 is 0. The number of nitrogen functional groups attached to an aromatic ring is 1. The van der Waals surface area contributed by atoms with Gasteiger partial charge in [-0.2, -0.15) is 5.26 Å². The number of rotatable bonds is 0. The zero-order valence-corrected chi connectivity index (χ0v) is 5.27. The van der Waals surface area contributed by atoms with Crippen LogP contribution in [0.2, 0.25) is 0 Å². The van der Waals surface area contributed by atoms with Crippen LogP contribution in [-0.2, 0) is 0 Å². The van der Waals surface area contributed by atoms with Gasteiger partial charge in [-0.25, -0.2) is 0 Å². The van der Waals surface area contributed by atoms with E-state index in [0.29, 0.717) is 5.00 Å². The van der Waals surface area contributed by atoms with E-state index in [4.69, 9.17) is 16.1 Å². The summed E-state index contributed by atoms with van der Waals surface area (Å²) in [7, 11) is 0. The van der Waals surface area contributed by atoms with Crippen LogP contribution < -0.4 is 5.73 Å². The van der Waals surface area contributed by atoms with E-state index in [0.717, 1.165) is 11.3 Å². The smallest absolute Gasteiger partial charge is 0.146 e. The largest absolute Gasteiger partial charge is 0.506 e. The number of aromatic hydroxyl groups is 1. The molecule has 0 unspecified atom stereocenters. The van der Waals surface area contributed by atoms with Crippen molar-refractivity contribution in [1.29, 1.82) is 5.26 Å². The van der Waals surface area contributed by atoms with Gasteiger partial charge in [-0.05, 0) is 0 Å². The third-order valence-electron chi connectivity index (χ3n) is 0.912. The quantitative estimate of drug-likeness (QED) is 0.562. The molecule has 0 aliphatic heterocycles. The van der Waals surface area contributed by atoms with Gasteiger partial charge in [0.2, 0.25) is 0 Å². The van der Waals surface area contributed by atoms with E-state index in [1.807, 2.05) is 0 Å². The van der Waals surface area contributed by atoms with Gasteiger partial charge in [0.15, 0.2) is 0 Å². The Bertz CT molecular complexity index is 241. The molecule has 1 aromatic heterocycles. The molecule has 1 rings (SSSR count). The molecule has 0 saturated heterocycles. The molecule has 1 aromatic rings. The van der Waals surface area contributed by atoms with Crippen molar-refractivity contribution in [2.75, 3.05) is 5.73 Å². The van der Waals surface area contributed by atoms with Gasteiger partial charge in [-0.3, -0.25) is 0 Å². The molecular formula is C5H4N2OS. The fourth-order valence-electron chi connectivity index (χ4n) is 0.476. The molecule has 0 radical (unpaired) electrons. The van der Waals surface area contributed by atoms with Crippen molar-refractivity contribution in [3.63, 3.8) is 0 Å². The second kappa shape index (κ2) is 1.96. The molecule has 3 nitrogen and oxygen atoms in total. The Balaban J connectivity index is 3.27. The zero-order valence-electron chi connectivity index (χ0n) is 4.46. The second-order valence-electron chi connectivity index (χ2n) is 1.47. The van der Waals surface area contributed by atoms with Gasteiger partial charge < -0.3 is 10.8 Å². The number of nitrogens with two attached hydrogens (primary N) is 1. The summed E-state index contributed by atoms with van der Waals surface area (Å²) >= 11 is 1.16. The summed E-state index contributed by atoms with van der Waals surface area (Å²) in [6, 6.07) is 1.78. The molecule has 0 fully saturated rings. The van der Waals surface area contributed by atoms with Gasteiger partial charge in [-0.15, -0.1) is 11.3 Å². The SMILES string of the molecule is N#Cc1c(O)csc1N. The maximum Gasteiger partial charge on any atom is 0.146 e. The Hall–Kier alpha value is -1.21. The molecule has 0 amide bonds. The normalized spacial score (nSPS) is 8.78. The Morgan fingerprint density at radius 2 is 2.44 bits per heavy atom. The Labute approximate surface area is 56.0 Å². The molecule has 46 valence electrons. The lowest BCUT2D eigenvalue weighted by atomic mass is 10.3. The standard InChI is InChI=1S/C5H4N2OS/c6-1-3-4(8)2-9-5(3)7/h2,8H,7H2. The number of thiophene rings is 1. The van der Waals surface area contributed by atoms with E-state index in [2.05, 4.69) is 0 Å². The van der Waals surface area contributed by atoms with Gasteiger partial charge in [0, 0.05) is 5.38 Å². The van der Waals surface area contributed by atoms with Crippen LogP contribution in [0, 0.1) is 11.3 Å². The number of anilines is 1. The van der Waals surface area contributed by atoms with E-state index in [1.165, 1.54) is 5.38 Å². The fraction of sp³-hybridized carbons (Fsp3) is 0. The van der Waals surface area contributed by atoms with Crippen LogP contribution in [0.4, 0.5) is 5.00 Å². The topological polar surface area (TPSA) is 70.0 Å². The van der Waals surface area contributed by atoms with E-state index in [9.17, 15) is 0 Å². The molecular weight excluding hydrogens is 136 g/mol. The highest BCUT2D eigenvalue weighted by atomic mass is 32.1. The highest BCUT2D eigenvalue weighted by Gasteiger charge is 2.05. The van der Waals surface area contributed by atoms with Crippen LogP contribution >= 0.6 is 11.3 Å². The maximum absolute atomic E-state index is 8.84. The van der Waals surface area contributed by atoms with Crippen molar-refractivity contribution in [3.8, 4) is 11.8 Å². The lowest BCUT2D eigenvalue weighted by Gasteiger charge is -1.83. The first-order valence-corrected chi connectivity index (χ1v) is 3.09. The van der Waals surface area contributed by atoms with E-state index >= 15 is 0 Å². The summed E-state index contributed by atoms with van der Waals surface area (Å²) in [4.78, 5) is 0. The first kappa shape index (κ1) is 5.92. The predicted octanol–water partition coefficient (Wildman–Crippen LogP) is 0.908. The van der Waals surface area contributed by atoms with E-state index in [1.54, 1.807) is 6.07 Å². The fourth-order valence-corrected chi connectivity index (χ4v) is 1.10. The van der Waals surface area contributed by atoms with E-state index in [-0.39, 0.29) is 11.3 Å². The van der Waals surface area contributed by atoms with Crippen LogP contribution in [-0.4, -0.2) is 5.11 Å². The number of nitriles is 1. The predicted molar refractivity (Wildman–Crippen MR) is 35.1 cm³/mol. The monoisotopic (exact) mass is 140 g/mol. The molecule has 1 heterocycles. The average molecular weight is 140 g/mol. The van der Waals surface area contributed by atoms with Crippen molar-refractivity contribution in [3.05, 3.63) is 10.9 Å². The zero-order chi connectivity index (χ0) is 6.85. The maximum atomic E-state index is 8.84. The average Bonchev–Trinajstić information content (AvgIpc) is 2.12. The molecule has 0 atom stereocenters. The lowest BCUT2D eigenvalue weighted by Crippen LogP contribution is -1.81. The van der Waals surface area contributed by atoms with Gasteiger partial charge in [-0.1, -0.05) is 0 Å². The Morgan fingerprint density at radius 1 is 1.78 bits per heavy atom. The van der Waals surface area contributed by atoms with Crippen molar-refractivity contribution in [2.45, 2.75) is 0 Å². The second-order valence-corrected chi connectivity index (χ2v) is 2.38. The van der Waals surface area contributed by atoms with Crippen LogP contribution in [0.1, 0.15) is 5.56 Å². The lowest BCUT2D eigenvalue weighted by molar-refractivity contribution is 0.476. The molecule has 0 bridgehead atoms. The van der Waals surface area contributed by atoms with Crippen LogP contribution in [0.5, 0.6) is 5.75 Å². The minimum atomic E-state index is -0.0278. The summed E-state index contributed by atoms with van der Waals surface area (Å²) in [5.41, 5.74) is 5.47. The third kappa shape index (κ3) is 0.819. The molecule has 0 spiro atoms. The number of hydrogen-bond acceptors (Lipinski definition) is 4.